The van der Waals surface area contributed by atoms with E-state index in [1.54, 1.807) is 4.90 Å². The van der Waals surface area contributed by atoms with Crippen LogP contribution in [0.15, 0.2) is 18.2 Å². The second-order valence-corrected chi connectivity index (χ2v) is 6.75. The van der Waals surface area contributed by atoms with Crippen molar-refractivity contribution >= 4 is 41.0 Å². The van der Waals surface area contributed by atoms with Crippen LogP contribution in [0.4, 0.5) is 11.4 Å². The summed E-state index contributed by atoms with van der Waals surface area (Å²) in [4.78, 5) is 41.6. The highest BCUT2D eigenvalue weighted by Gasteiger charge is 2.20. The molecule has 10 nitrogen and oxygen atoms in total. The number of phosphoric acid groups is 1. The number of nitrogens with one attached hydrogen (secondary N) is 1. The van der Waals surface area contributed by atoms with Crippen LogP contribution in [0.1, 0.15) is 10.4 Å². The first-order valence-electron chi connectivity index (χ1n) is 7.06. The number of phosphoric ester groups is 1. The third kappa shape index (κ3) is 7.09. The van der Waals surface area contributed by atoms with Crippen LogP contribution in [0.5, 0.6) is 0 Å². The molecule has 1 aromatic rings. The minimum atomic E-state index is -4.62. The number of hydrogen-bond donors (Lipinski definition) is 3. The zero-order chi connectivity index (χ0) is 19.0. The molecule has 139 valence electrons. The molecule has 0 saturated heterocycles. The Kier molecular flexibility index (Phi) is 8.46. The lowest BCUT2D eigenvalue weighted by Crippen LogP contribution is -2.31. The summed E-state index contributed by atoms with van der Waals surface area (Å²) in [6.07, 6.45) is 0. The number of alkyl halides is 1. The summed E-state index contributed by atoms with van der Waals surface area (Å²) >= 11 is 3.29. The third-order valence-corrected chi connectivity index (χ3v) is 3.92. The second-order valence-electron chi connectivity index (χ2n) is 4.71. The molecule has 12 heteroatoms. The SMILES string of the molecule is [CH2]CN(CCBr)c1ccc([N+](=O)[O-])cc1C(=O)NCCOP(=O)(O)O. The number of amides is 1. The maximum absolute atomic E-state index is 12.3. The quantitative estimate of drug-likeness (QED) is 0.164. The summed E-state index contributed by atoms with van der Waals surface area (Å²) in [6.45, 7) is 4.07. The third-order valence-electron chi connectivity index (χ3n) is 3.05. The van der Waals surface area contributed by atoms with Crippen molar-refractivity contribution in [2.45, 2.75) is 0 Å². The lowest BCUT2D eigenvalue weighted by atomic mass is 10.1. The first kappa shape index (κ1) is 21.5. The van der Waals surface area contributed by atoms with Crippen LogP contribution in [0.3, 0.4) is 0 Å². The lowest BCUT2D eigenvalue weighted by molar-refractivity contribution is -0.384. The van der Waals surface area contributed by atoms with Crippen LogP contribution < -0.4 is 10.2 Å². The molecule has 0 unspecified atom stereocenters. The second kappa shape index (κ2) is 9.83. The number of carbonyl (C=O) groups is 1. The van der Waals surface area contributed by atoms with Gasteiger partial charge >= 0.3 is 7.82 Å². The Morgan fingerprint density at radius 1 is 1.48 bits per heavy atom. The summed E-state index contributed by atoms with van der Waals surface area (Å²) in [5.41, 5.74) is 0.284. The molecular weight excluding hydrogens is 421 g/mol. The van der Waals surface area contributed by atoms with E-state index in [0.717, 1.165) is 6.07 Å². The van der Waals surface area contributed by atoms with E-state index in [1.165, 1.54) is 12.1 Å². The number of halogens is 1. The van der Waals surface area contributed by atoms with Crippen molar-refractivity contribution in [3.8, 4) is 0 Å². The predicted octanol–water partition coefficient (Wildman–Crippen LogP) is 1.47. The Morgan fingerprint density at radius 2 is 2.16 bits per heavy atom. The molecule has 0 aliphatic rings. The molecule has 0 fully saturated rings. The predicted molar refractivity (Wildman–Crippen MR) is 94.8 cm³/mol. The van der Waals surface area contributed by atoms with Gasteiger partial charge in [0.1, 0.15) is 0 Å². The Hall–Kier alpha value is -1.52. The minimum absolute atomic E-state index is 0.0648. The molecule has 0 spiro atoms. The highest BCUT2D eigenvalue weighted by atomic mass is 79.9. The first-order valence-corrected chi connectivity index (χ1v) is 9.71. The lowest BCUT2D eigenvalue weighted by Gasteiger charge is -2.24. The van der Waals surface area contributed by atoms with Crippen LogP contribution in [0.25, 0.3) is 0 Å². The molecule has 1 radical (unpaired) electrons. The van der Waals surface area contributed by atoms with Crippen molar-refractivity contribution < 1.29 is 28.6 Å². The van der Waals surface area contributed by atoms with Crippen LogP contribution in [0.2, 0.25) is 0 Å². The van der Waals surface area contributed by atoms with Gasteiger partial charge in [0.25, 0.3) is 11.6 Å². The molecule has 3 N–H and O–H groups in total. The first-order chi connectivity index (χ1) is 11.7. The maximum Gasteiger partial charge on any atom is 0.469 e. The van der Waals surface area contributed by atoms with Crippen molar-refractivity contribution in [3.63, 3.8) is 0 Å². The molecule has 25 heavy (non-hydrogen) atoms. The minimum Gasteiger partial charge on any atom is -0.370 e. The van der Waals surface area contributed by atoms with Crippen molar-refractivity contribution in [3.05, 3.63) is 40.8 Å². The van der Waals surface area contributed by atoms with Gasteiger partial charge in [-0.15, -0.1) is 0 Å². The molecule has 1 rings (SSSR count). The van der Waals surface area contributed by atoms with Crippen molar-refractivity contribution in [1.29, 1.82) is 0 Å². The van der Waals surface area contributed by atoms with Gasteiger partial charge in [-0.05, 0) is 13.0 Å². The molecule has 1 amide bonds. The van der Waals surface area contributed by atoms with E-state index in [-0.39, 0.29) is 17.8 Å². The van der Waals surface area contributed by atoms with E-state index in [0.29, 0.717) is 24.1 Å². The van der Waals surface area contributed by atoms with Crippen LogP contribution in [-0.2, 0) is 9.09 Å². The fourth-order valence-corrected chi connectivity index (χ4v) is 2.73. The van der Waals surface area contributed by atoms with Crippen molar-refractivity contribution in [1.82, 2.24) is 5.32 Å². The van der Waals surface area contributed by atoms with E-state index < -0.39 is 25.3 Å². The Bertz CT molecular complexity index is 667. The number of nitro groups is 1. The number of anilines is 1. The van der Waals surface area contributed by atoms with Crippen LogP contribution >= 0.6 is 23.8 Å². The number of benzene rings is 1. The molecule has 0 aromatic heterocycles. The summed E-state index contributed by atoms with van der Waals surface area (Å²) in [6, 6.07) is 3.90. The highest BCUT2D eigenvalue weighted by molar-refractivity contribution is 9.09. The van der Waals surface area contributed by atoms with E-state index in [1.807, 2.05) is 0 Å². The van der Waals surface area contributed by atoms with Gasteiger partial charge in [0.2, 0.25) is 0 Å². The highest BCUT2D eigenvalue weighted by Crippen LogP contribution is 2.35. The molecule has 1 aromatic carbocycles. The van der Waals surface area contributed by atoms with Gasteiger partial charge in [0.15, 0.2) is 0 Å². The zero-order valence-electron chi connectivity index (χ0n) is 13.1. The molecule has 0 bridgehead atoms. The number of rotatable bonds is 10. The van der Waals surface area contributed by atoms with Crippen LogP contribution in [-0.4, -0.2) is 52.2 Å². The van der Waals surface area contributed by atoms with E-state index in [2.05, 4.69) is 32.7 Å². The van der Waals surface area contributed by atoms with Crippen molar-refractivity contribution in [2.24, 2.45) is 0 Å². The smallest absolute Gasteiger partial charge is 0.370 e. The number of hydrogen-bond acceptors (Lipinski definition) is 6. The molecule has 0 aliphatic carbocycles. The normalized spacial score (nSPS) is 11.2. The van der Waals surface area contributed by atoms with Crippen molar-refractivity contribution in [2.75, 3.05) is 36.5 Å². The Labute approximate surface area is 152 Å². The standard InChI is InChI=1S/C13H18BrN3O7P/c1-2-16(7-5-14)12-4-3-10(17(19)20)9-11(12)13(18)15-6-8-24-25(21,22)23/h3-4,9H,1-2,5-8H2,(H,15,18)(H2,21,22,23). The van der Waals surface area contributed by atoms with Gasteiger partial charge in [-0.1, -0.05) is 15.9 Å². The average Bonchev–Trinajstić information content (AvgIpc) is 2.55. The molecule has 0 saturated carbocycles. The monoisotopic (exact) mass is 438 g/mol. The summed E-state index contributed by atoms with van der Waals surface area (Å²) < 4.78 is 14.8. The van der Waals surface area contributed by atoms with E-state index in [9.17, 15) is 19.5 Å². The largest absolute Gasteiger partial charge is 0.469 e. The fraction of sp³-hybridized carbons (Fsp3) is 0.385. The fourth-order valence-electron chi connectivity index (χ4n) is 1.97. The summed E-state index contributed by atoms with van der Waals surface area (Å²) in [7, 11) is -4.62. The summed E-state index contributed by atoms with van der Waals surface area (Å²) in [5, 5.41) is 14.0. The molecule has 0 atom stereocenters. The number of non-ortho nitro benzene ring substituents is 1. The number of nitro benzene ring substituents is 1. The number of carbonyl (C=O) groups excluding carboxylic acids is 1. The van der Waals surface area contributed by atoms with E-state index >= 15 is 0 Å². The number of nitrogens with zero attached hydrogens (tertiary/aromatic N) is 2. The maximum atomic E-state index is 12.3. The Morgan fingerprint density at radius 3 is 2.68 bits per heavy atom. The van der Waals surface area contributed by atoms with Gasteiger partial charge in [-0.25, -0.2) is 4.57 Å². The Balaban J connectivity index is 2.99. The topological polar surface area (TPSA) is 142 Å². The van der Waals surface area contributed by atoms with Gasteiger partial charge in [0, 0.05) is 37.1 Å². The van der Waals surface area contributed by atoms with Gasteiger partial charge < -0.3 is 20.0 Å². The van der Waals surface area contributed by atoms with Gasteiger partial charge in [0.05, 0.1) is 22.8 Å². The van der Waals surface area contributed by atoms with E-state index in [4.69, 9.17) is 9.79 Å². The van der Waals surface area contributed by atoms with Crippen LogP contribution in [0, 0.1) is 17.0 Å². The zero-order valence-corrected chi connectivity index (χ0v) is 15.6. The van der Waals surface area contributed by atoms with Gasteiger partial charge in [-0.3, -0.25) is 19.4 Å². The molecule has 0 aliphatic heterocycles. The molecular formula is C13H18BrN3O7P. The molecule has 0 heterocycles. The summed E-state index contributed by atoms with van der Waals surface area (Å²) in [5.74, 6) is -0.624. The average molecular weight is 439 g/mol. The van der Waals surface area contributed by atoms with Gasteiger partial charge in [-0.2, -0.15) is 0 Å².